The van der Waals surface area contributed by atoms with E-state index in [9.17, 15) is 9.59 Å². The van der Waals surface area contributed by atoms with Crippen molar-refractivity contribution in [2.45, 2.75) is 45.1 Å². The van der Waals surface area contributed by atoms with E-state index >= 15 is 0 Å². The molecular formula is C19H32N4O2. The van der Waals surface area contributed by atoms with Crippen molar-refractivity contribution < 1.29 is 9.59 Å². The van der Waals surface area contributed by atoms with Gasteiger partial charge in [-0.3, -0.25) is 9.69 Å². The van der Waals surface area contributed by atoms with Crippen molar-refractivity contribution >= 4 is 11.9 Å². The molecule has 0 aromatic rings. The minimum absolute atomic E-state index is 0.0488. The van der Waals surface area contributed by atoms with Crippen LogP contribution in [-0.2, 0) is 4.79 Å². The van der Waals surface area contributed by atoms with Crippen molar-refractivity contribution in [1.82, 2.24) is 20.0 Å². The van der Waals surface area contributed by atoms with Crippen LogP contribution in [0, 0.1) is 5.92 Å². The van der Waals surface area contributed by atoms with Crippen molar-refractivity contribution in [3.05, 3.63) is 12.2 Å². The van der Waals surface area contributed by atoms with Gasteiger partial charge in [-0.15, -0.1) is 0 Å². The summed E-state index contributed by atoms with van der Waals surface area (Å²) in [5.41, 5.74) is 0. The maximum absolute atomic E-state index is 12.5. The smallest absolute Gasteiger partial charge is 0.317 e. The Morgan fingerprint density at radius 1 is 1.04 bits per heavy atom. The molecule has 0 spiro atoms. The normalized spacial score (nSPS) is 25.9. The lowest BCUT2D eigenvalue weighted by molar-refractivity contribution is -0.135. The predicted octanol–water partition coefficient (Wildman–Crippen LogP) is 1.68. The van der Waals surface area contributed by atoms with Gasteiger partial charge >= 0.3 is 6.03 Å². The third kappa shape index (κ3) is 4.75. The molecule has 0 unspecified atom stereocenters. The Kier molecular flexibility index (Phi) is 6.34. The van der Waals surface area contributed by atoms with E-state index in [2.05, 4.69) is 22.4 Å². The lowest BCUT2D eigenvalue weighted by Gasteiger charge is -2.38. The summed E-state index contributed by atoms with van der Waals surface area (Å²) in [7, 11) is 0. The van der Waals surface area contributed by atoms with Crippen LogP contribution in [0.1, 0.15) is 39.0 Å². The van der Waals surface area contributed by atoms with E-state index < -0.39 is 0 Å². The number of carbonyl (C=O) groups excluding carboxylic acids is 2. The van der Waals surface area contributed by atoms with Crippen LogP contribution in [0.15, 0.2) is 12.2 Å². The number of hydrogen-bond acceptors (Lipinski definition) is 3. The molecule has 3 amide bonds. The summed E-state index contributed by atoms with van der Waals surface area (Å²) in [6, 6.07) is -0.0231. The topological polar surface area (TPSA) is 55.9 Å². The minimum atomic E-state index is -0.0719. The number of hydrogen-bond donors (Lipinski definition) is 1. The number of likely N-dealkylation sites (tertiary alicyclic amines) is 1. The Hall–Kier alpha value is -1.56. The van der Waals surface area contributed by atoms with Gasteiger partial charge in [0.2, 0.25) is 5.91 Å². The molecule has 0 bridgehead atoms. The average Bonchev–Trinajstić information content (AvgIpc) is 3.20. The molecule has 0 aromatic carbocycles. The molecule has 6 nitrogen and oxygen atoms in total. The molecule has 6 heteroatoms. The largest absolute Gasteiger partial charge is 0.341 e. The maximum Gasteiger partial charge on any atom is 0.317 e. The highest BCUT2D eigenvalue weighted by Crippen LogP contribution is 2.17. The quantitative estimate of drug-likeness (QED) is 0.787. The summed E-state index contributed by atoms with van der Waals surface area (Å²) in [6.07, 6.45) is 10.1. The number of carbonyl (C=O) groups is 2. The van der Waals surface area contributed by atoms with Crippen LogP contribution in [0.2, 0.25) is 0 Å². The standard InChI is InChI=1S/C19H32N4O2/c1-16(18(24)22-9-5-6-10-22)21-11-13-23(14-12-21)19(25)20-15-17-7-3-2-4-8-17/h2-3,16-17H,4-15H2,1H3,(H,20,25)/t16-,17-/m0/s1. The van der Waals surface area contributed by atoms with Gasteiger partial charge in [0.15, 0.2) is 0 Å². The molecule has 1 aliphatic carbocycles. The highest BCUT2D eigenvalue weighted by atomic mass is 16.2. The number of piperazine rings is 1. The van der Waals surface area contributed by atoms with E-state index in [0.29, 0.717) is 19.0 Å². The predicted molar refractivity (Wildman–Crippen MR) is 98.3 cm³/mol. The number of urea groups is 1. The lowest BCUT2D eigenvalue weighted by atomic mass is 9.94. The Morgan fingerprint density at radius 2 is 1.76 bits per heavy atom. The van der Waals surface area contributed by atoms with E-state index in [-0.39, 0.29) is 18.0 Å². The van der Waals surface area contributed by atoms with Crippen LogP contribution in [0.25, 0.3) is 0 Å². The maximum atomic E-state index is 12.5. The first kappa shape index (κ1) is 18.2. The van der Waals surface area contributed by atoms with Gasteiger partial charge in [-0.2, -0.15) is 0 Å². The third-order valence-corrected chi connectivity index (χ3v) is 5.84. The van der Waals surface area contributed by atoms with E-state index in [1.54, 1.807) is 0 Å². The fourth-order valence-corrected chi connectivity index (χ4v) is 4.06. The second-order valence-corrected chi connectivity index (χ2v) is 7.57. The van der Waals surface area contributed by atoms with Crippen molar-refractivity contribution in [1.29, 1.82) is 0 Å². The van der Waals surface area contributed by atoms with Gasteiger partial charge < -0.3 is 15.1 Å². The van der Waals surface area contributed by atoms with Gasteiger partial charge in [-0.25, -0.2) is 4.79 Å². The molecule has 140 valence electrons. The summed E-state index contributed by atoms with van der Waals surface area (Å²) < 4.78 is 0. The molecule has 0 aromatic heterocycles. The molecule has 1 N–H and O–H groups in total. The zero-order valence-electron chi connectivity index (χ0n) is 15.5. The number of nitrogens with zero attached hydrogens (tertiary/aromatic N) is 3. The average molecular weight is 348 g/mol. The van der Waals surface area contributed by atoms with Crippen molar-refractivity contribution in [2.24, 2.45) is 5.92 Å². The summed E-state index contributed by atoms with van der Waals surface area (Å²) in [4.78, 5) is 31.0. The molecule has 3 rings (SSSR count). The van der Waals surface area contributed by atoms with Crippen molar-refractivity contribution in [3.8, 4) is 0 Å². The molecule has 25 heavy (non-hydrogen) atoms. The fraction of sp³-hybridized carbons (Fsp3) is 0.789. The molecule has 0 radical (unpaired) electrons. The lowest BCUT2D eigenvalue weighted by Crippen LogP contribution is -2.56. The van der Waals surface area contributed by atoms with Crippen LogP contribution in [0.3, 0.4) is 0 Å². The Bertz CT molecular complexity index is 494. The van der Waals surface area contributed by atoms with Gasteiger partial charge in [0, 0.05) is 45.8 Å². The summed E-state index contributed by atoms with van der Waals surface area (Å²) in [5, 5.41) is 3.09. The fourth-order valence-electron chi connectivity index (χ4n) is 4.06. The van der Waals surface area contributed by atoms with Gasteiger partial charge in [-0.05, 0) is 44.9 Å². The Morgan fingerprint density at radius 3 is 2.40 bits per heavy atom. The van der Waals surface area contributed by atoms with Gasteiger partial charge in [0.25, 0.3) is 0 Å². The van der Waals surface area contributed by atoms with Gasteiger partial charge in [-0.1, -0.05) is 12.2 Å². The highest BCUT2D eigenvalue weighted by Gasteiger charge is 2.31. The van der Waals surface area contributed by atoms with E-state index in [4.69, 9.17) is 0 Å². The molecule has 2 aliphatic heterocycles. The number of nitrogens with one attached hydrogen (secondary N) is 1. The van der Waals surface area contributed by atoms with E-state index in [1.165, 1.54) is 6.42 Å². The first-order chi connectivity index (χ1) is 12.1. The van der Waals surface area contributed by atoms with Crippen LogP contribution in [0.4, 0.5) is 4.79 Å². The number of amides is 3. The molecule has 2 heterocycles. The second-order valence-electron chi connectivity index (χ2n) is 7.57. The molecule has 2 atom stereocenters. The molecular weight excluding hydrogens is 316 g/mol. The second kappa shape index (κ2) is 8.70. The number of allylic oxidation sites excluding steroid dienone is 2. The molecule has 0 saturated carbocycles. The zero-order chi connectivity index (χ0) is 17.6. The SMILES string of the molecule is C[C@@H](C(=O)N1CCCC1)N1CCN(C(=O)NC[C@H]2CC=CCC2)CC1. The molecule has 2 fully saturated rings. The van der Waals surface area contributed by atoms with Gasteiger partial charge in [0.1, 0.15) is 0 Å². The highest BCUT2D eigenvalue weighted by molar-refractivity contribution is 5.81. The Labute approximate surface area is 151 Å². The third-order valence-electron chi connectivity index (χ3n) is 5.84. The first-order valence-corrected chi connectivity index (χ1v) is 9.86. The molecule has 2 saturated heterocycles. The van der Waals surface area contributed by atoms with Crippen LogP contribution < -0.4 is 5.32 Å². The van der Waals surface area contributed by atoms with Crippen LogP contribution in [0.5, 0.6) is 0 Å². The number of rotatable bonds is 4. The van der Waals surface area contributed by atoms with Crippen molar-refractivity contribution in [3.63, 3.8) is 0 Å². The molecule has 3 aliphatic rings. The first-order valence-electron chi connectivity index (χ1n) is 9.86. The summed E-state index contributed by atoms with van der Waals surface area (Å²) in [6.45, 7) is 7.55. The Balaban J connectivity index is 1.39. The monoisotopic (exact) mass is 348 g/mol. The van der Waals surface area contributed by atoms with Crippen molar-refractivity contribution in [2.75, 3.05) is 45.8 Å². The minimum Gasteiger partial charge on any atom is -0.341 e. The van der Waals surface area contributed by atoms with Crippen LogP contribution >= 0.6 is 0 Å². The summed E-state index contributed by atoms with van der Waals surface area (Å²) in [5.74, 6) is 0.828. The van der Waals surface area contributed by atoms with E-state index in [1.807, 2.05) is 16.7 Å². The zero-order valence-corrected chi connectivity index (χ0v) is 15.5. The summed E-state index contributed by atoms with van der Waals surface area (Å²) >= 11 is 0. The van der Waals surface area contributed by atoms with Gasteiger partial charge in [0.05, 0.1) is 6.04 Å². The van der Waals surface area contributed by atoms with Crippen LogP contribution in [-0.4, -0.2) is 78.5 Å². The van der Waals surface area contributed by atoms with E-state index in [0.717, 1.165) is 58.4 Å².